The third-order valence-electron chi connectivity index (χ3n) is 13.1. The lowest BCUT2D eigenvalue weighted by atomic mass is 10.0. The molecule has 0 saturated heterocycles. The Balaban J connectivity index is 4.23. The smallest absolute Gasteiger partial charge is 0.306 e. The minimum absolute atomic E-state index is 0.0868. The van der Waals surface area contributed by atoms with Crippen LogP contribution < -0.4 is 0 Å². The molecule has 0 radical (unpaired) electrons. The lowest BCUT2D eigenvalue weighted by Gasteiger charge is -2.18. The lowest BCUT2D eigenvalue weighted by Crippen LogP contribution is -2.30. The van der Waals surface area contributed by atoms with Gasteiger partial charge in [0.15, 0.2) is 6.10 Å². The third kappa shape index (κ3) is 54.7. The topological polar surface area (TPSA) is 61.8 Å². The first-order chi connectivity index (χ1) is 32.6. The van der Waals surface area contributed by atoms with E-state index in [1.165, 1.54) is 244 Å². The van der Waals surface area contributed by atoms with E-state index in [-0.39, 0.29) is 18.5 Å². The van der Waals surface area contributed by atoms with Crippen LogP contribution in [0, 0.1) is 0 Å². The number of carbonyl (C=O) groups excluding carboxylic acids is 2. The summed E-state index contributed by atoms with van der Waals surface area (Å²) in [7, 11) is 0. The van der Waals surface area contributed by atoms with Gasteiger partial charge in [-0.15, -0.1) is 0 Å². The van der Waals surface area contributed by atoms with E-state index in [1.807, 2.05) is 0 Å². The van der Waals surface area contributed by atoms with Gasteiger partial charge in [-0.3, -0.25) is 9.59 Å². The van der Waals surface area contributed by atoms with Crippen LogP contribution in [0.15, 0.2) is 36.5 Å². The molecule has 0 aliphatic rings. The normalized spacial score (nSPS) is 12.3. The first-order valence-corrected chi connectivity index (χ1v) is 29.5. The summed E-state index contributed by atoms with van der Waals surface area (Å²) in [5.41, 5.74) is 0. The minimum atomic E-state index is -0.536. The SMILES string of the molecule is CCCCC/C=C\C/C=C\CCCCCCCCCCCC(=O)OC[C@@H](COCCCCCCCCCCCCCCCCCC)OC(=O)CCCCCCCCC/C=C\CCCCCC. The fourth-order valence-electron chi connectivity index (χ4n) is 8.71. The number of carbonyl (C=O) groups is 2. The van der Waals surface area contributed by atoms with Crippen LogP contribution in [0.2, 0.25) is 0 Å². The van der Waals surface area contributed by atoms with Gasteiger partial charge in [-0.25, -0.2) is 0 Å². The molecular formula is C61H114O5. The molecule has 0 aromatic rings. The van der Waals surface area contributed by atoms with E-state index < -0.39 is 6.10 Å². The summed E-state index contributed by atoms with van der Waals surface area (Å²) in [6.07, 6.45) is 70.2. The van der Waals surface area contributed by atoms with Crippen molar-refractivity contribution in [2.24, 2.45) is 0 Å². The van der Waals surface area contributed by atoms with E-state index in [4.69, 9.17) is 14.2 Å². The molecule has 0 aliphatic carbocycles. The van der Waals surface area contributed by atoms with Gasteiger partial charge in [-0.1, -0.05) is 263 Å². The Morgan fingerprint density at radius 1 is 0.333 bits per heavy atom. The van der Waals surface area contributed by atoms with Crippen molar-refractivity contribution in [3.05, 3.63) is 36.5 Å². The van der Waals surface area contributed by atoms with E-state index in [0.29, 0.717) is 26.1 Å². The van der Waals surface area contributed by atoms with Gasteiger partial charge >= 0.3 is 11.9 Å². The van der Waals surface area contributed by atoms with E-state index in [1.54, 1.807) is 0 Å². The van der Waals surface area contributed by atoms with Crippen LogP contribution in [0.1, 0.15) is 316 Å². The molecule has 0 bridgehead atoms. The van der Waals surface area contributed by atoms with Crippen LogP contribution in [0.3, 0.4) is 0 Å². The van der Waals surface area contributed by atoms with Gasteiger partial charge in [-0.2, -0.15) is 0 Å². The number of allylic oxidation sites excluding steroid dienone is 6. The molecule has 0 aromatic carbocycles. The maximum Gasteiger partial charge on any atom is 0.306 e. The second kappa shape index (κ2) is 57.4. The highest BCUT2D eigenvalue weighted by molar-refractivity contribution is 5.70. The molecule has 0 aliphatic heterocycles. The maximum absolute atomic E-state index is 12.9. The van der Waals surface area contributed by atoms with Crippen LogP contribution in [0.5, 0.6) is 0 Å². The minimum Gasteiger partial charge on any atom is -0.462 e. The highest BCUT2D eigenvalue weighted by atomic mass is 16.6. The zero-order valence-corrected chi connectivity index (χ0v) is 44.7. The average molecular weight is 928 g/mol. The van der Waals surface area contributed by atoms with Gasteiger partial charge in [0, 0.05) is 19.4 Å². The Labute approximate surface area is 412 Å². The summed E-state index contributed by atoms with van der Waals surface area (Å²) < 4.78 is 17.5. The summed E-state index contributed by atoms with van der Waals surface area (Å²) >= 11 is 0. The van der Waals surface area contributed by atoms with Crippen molar-refractivity contribution in [2.75, 3.05) is 19.8 Å². The first-order valence-electron chi connectivity index (χ1n) is 29.5. The number of rotatable bonds is 55. The summed E-state index contributed by atoms with van der Waals surface area (Å²) in [5, 5.41) is 0. The highest BCUT2D eigenvalue weighted by Crippen LogP contribution is 2.16. The largest absolute Gasteiger partial charge is 0.462 e. The number of esters is 2. The molecule has 0 amide bonds. The molecule has 1 atom stereocenters. The lowest BCUT2D eigenvalue weighted by molar-refractivity contribution is -0.163. The maximum atomic E-state index is 12.9. The third-order valence-corrected chi connectivity index (χ3v) is 13.1. The van der Waals surface area contributed by atoms with Crippen LogP contribution in [-0.2, 0) is 23.8 Å². The molecule has 0 N–H and O–H groups in total. The van der Waals surface area contributed by atoms with E-state index in [9.17, 15) is 9.59 Å². The Morgan fingerprint density at radius 2 is 0.636 bits per heavy atom. The van der Waals surface area contributed by atoms with Gasteiger partial charge in [-0.05, 0) is 77.0 Å². The van der Waals surface area contributed by atoms with Crippen molar-refractivity contribution < 1.29 is 23.8 Å². The molecule has 0 aromatic heterocycles. The predicted molar refractivity (Wildman–Crippen MR) is 288 cm³/mol. The van der Waals surface area contributed by atoms with Crippen molar-refractivity contribution in [1.29, 1.82) is 0 Å². The van der Waals surface area contributed by atoms with Crippen LogP contribution >= 0.6 is 0 Å². The summed E-state index contributed by atoms with van der Waals surface area (Å²) in [6.45, 7) is 7.85. The molecule has 0 spiro atoms. The first kappa shape index (κ1) is 64.1. The molecule has 5 nitrogen and oxygen atoms in total. The van der Waals surface area contributed by atoms with Gasteiger partial charge in [0.25, 0.3) is 0 Å². The van der Waals surface area contributed by atoms with Crippen LogP contribution in [0.25, 0.3) is 0 Å². The van der Waals surface area contributed by atoms with E-state index in [0.717, 1.165) is 38.5 Å². The number of unbranched alkanes of at least 4 members (excludes halogenated alkanes) is 38. The number of hydrogen-bond donors (Lipinski definition) is 0. The van der Waals surface area contributed by atoms with E-state index in [2.05, 4.69) is 57.2 Å². The van der Waals surface area contributed by atoms with E-state index >= 15 is 0 Å². The van der Waals surface area contributed by atoms with Crippen molar-refractivity contribution in [2.45, 2.75) is 322 Å². The Morgan fingerprint density at radius 3 is 1.06 bits per heavy atom. The molecule has 0 unspecified atom stereocenters. The van der Waals surface area contributed by atoms with Crippen molar-refractivity contribution >= 4 is 11.9 Å². The van der Waals surface area contributed by atoms with Crippen LogP contribution in [-0.4, -0.2) is 37.9 Å². The van der Waals surface area contributed by atoms with Gasteiger partial charge in [0.1, 0.15) is 6.61 Å². The zero-order valence-electron chi connectivity index (χ0n) is 44.7. The quantitative estimate of drug-likeness (QED) is 0.0345. The summed E-state index contributed by atoms with van der Waals surface area (Å²) in [5.74, 6) is -0.388. The van der Waals surface area contributed by atoms with Crippen LogP contribution in [0.4, 0.5) is 0 Å². The molecule has 0 fully saturated rings. The number of hydrogen-bond acceptors (Lipinski definition) is 5. The van der Waals surface area contributed by atoms with Crippen molar-refractivity contribution in [1.82, 2.24) is 0 Å². The highest BCUT2D eigenvalue weighted by Gasteiger charge is 2.17. The van der Waals surface area contributed by atoms with Gasteiger partial charge in [0.05, 0.1) is 6.61 Å². The average Bonchev–Trinajstić information content (AvgIpc) is 3.32. The second-order valence-corrected chi connectivity index (χ2v) is 19.9. The Kier molecular flexibility index (Phi) is 55.8. The van der Waals surface area contributed by atoms with Crippen molar-refractivity contribution in [3.63, 3.8) is 0 Å². The fraction of sp³-hybridized carbons (Fsp3) is 0.869. The molecular weight excluding hydrogens is 813 g/mol. The van der Waals surface area contributed by atoms with Gasteiger partial charge in [0.2, 0.25) is 0 Å². The van der Waals surface area contributed by atoms with Crippen molar-refractivity contribution in [3.8, 4) is 0 Å². The molecule has 0 saturated carbocycles. The number of ether oxygens (including phenoxy) is 3. The molecule has 5 heteroatoms. The molecule has 0 heterocycles. The second-order valence-electron chi connectivity index (χ2n) is 19.9. The summed E-state index contributed by atoms with van der Waals surface area (Å²) in [6, 6.07) is 0. The monoisotopic (exact) mass is 927 g/mol. The fourth-order valence-corrected chi connectivity index (χ4v) is 8.71. The Hall–Kier alpha value is -1.88. The molecule has 388 valence electrons. The zero-order chi connectivity index (χ0) is 47.7. The summed E-state index contributed by atoms with van der Waals surface area (Å²) in [4.78, 5) is 25.5. The Bertz CT molecular complexity index is 1050. The predicted octanol–water partition coefficient (Wildman–Crippen LogP) is 20.1. The molecule has 0 rings (SSSR count). The standard InChI is InChI=1S/C61H114O5/c1-4-7-10-13-16-19-22-25-28-30-31-32-34-36-39-42-45-48-51-54-60(62)65-58-59(57-64-56-53-50-47-44-41-38-35-29-26-23-20-17-14-11-8-5-2)66-61(63)55-52-49-46-43-40-37-33-27-24-21-18-15-12-9-6-3/h16,19,21,24-25,28,59H,4-15,17-18,20,22-23,26-27,29-58H2,1-3H3/b19-16-,24-21-,28-25-/t59-/m1/s1. The molecule has 66 heavy (non-hydrogen) atoms. The van der Waals surface area contributed by atoms with Gasteiger partial charge < -0.3 is 14.2 Å².